The lowest BCUT2D eigenvalue weighted by molar-refractivity contribution is -0.0153. The fraction of sp³-hybridized carbons (Fsp3) is 0.533. The Bertz CT molecular complexity index is 664. The minimum Gasteiger partial charge on any atom is -0.370 e. The molecule has 1 N–H and O–H groups in total. The van der Waals surface area contributed by atoms with Crippen LogP contribution in [0.3, 0.4) is 0 Å². The van der Waals surface area contributed by atoms with Crippen LogP contribution < -0.4 is 5.32 Å². The number of hydrogen-bond acceptors (Lipinski definition) is 4. The van der Waals surface area contributed by atoms with Gasteiger partial charge < -0.3 is 15.0 Å². The Kier molecular flexibility index (Phi) is 6.45. The van der Waals surface area contributed by atoms with Crippen molar-refractivity contribution >= 4 is 27.7 Å². The lowest BCUT2D eigenvalue weighted by Gasteiger charge is -2.33. The van der Waals surface area contributed by atoms with Gasteiger partial charge in [0.25, 0.3) is 0 Å². The average molecular weight is 376 g/mol. The van der Waals surface area contributed by atoms with Crippen LogP contribution in [-0.4, -0.2) is 69.7 Å². The SMILES string of the molecule is CN(C)S(=O)(=O)CCNC(=O)N1CCO[C@@H](c2ccc(Cl)cc2)C1. The highest BCUT2D eigenvalue weighted by Crippen LogP contribution is 2.23. The Hall–Kier alpha value is -1.35. The Morgan fingerprint density at radius 1 is 1.38 bits per heavy atom. The van der Waals surface area contributed by atoms with E-state index >= 15 is 0 Å². The van der Waals surface area contributed by atoms with Crippen LogP contribution in [0.15, 0.2) is 24.3 Å². The van der Waals surface area contributed by atoms with Crippen molar-refractivity contribution < 1.29 is 17.9 Å². The first kappa shape index (κ1) is 19.0. The first-order valence-electron chi connectivity index (χ1n) is 7.59. The molecule has 134 valence electrons. The third-order valence-electron chi connectivity index (χ3n) is 3.79. The van der Waals surface area contributed by atoms with E-state index < -0.39 is 10.0 Å². The van der Waals surface area contributed by atoms with Gasteiger partial charge >= 0.3 is 6.03 Å². The van der Waals surface area contributed by atoms with E-state index in [-0.39, 0.29) is 24.4 Å². The topological polar surface area (TPSA) is 79.0 Å². The number of amides is 2. The fourth-order valence-corrected chi connectivity index (χ4v) is 3.15. The van der Waals surface area contributed by atoms with Gasteiger partial charge in [0.05, 0.1) is 18.9 Å². The highest BCUT2D eigenvalue weighted by Gasteiger charge is 2.25. The van der Waals surface area contributed by atoms with Crippen LogP contribution >= 0.6 is 11.6 Å². The van der Waals surface area contributed by atoms with Gasteiger partial charge in [-0.1, -0.05) is 23.7 Å². The highest BCUT2D eigenvalue weighted by atomic mass is 35.5. The minimum atomic E-state index is -3.32. The monoisotopic (exact) mass is 375 g/mol. The quantitative estimate of drug-likeness (QED) is 0.841. The predicted octanol–water partition coefficient (Wildman–Crippen LogP) is 1.31. The second kappa shape index (κ2) is 8.15. The van der Waals surface area contributed by atoms with Crippen molar-refractivity contribution in [2.75, 3.05) is 46.1 Å². The van der Waals surface area contributed by atoms with Crippen molar-refractivity contribution in [1.29, 1.82) is 0 Å². The van der Waals surface area contributed by atoms with Crippen molar-refractivity contribution in [3.05, 3.63) is 34.9 Å². The van der Waals surface area contributed by atoms with Crippen LogP contribution in [0.2, 0.25) is 5.02 Å². The summed E-state index contributed by atoms with van der Waals surface area (Å²) in [4.78, 5) is 13.8. The molecule has 0 aromatic heterocycles. The highest BCUT2D eigenvalue weighted by molar-refractivity contribution is 7.89. The maximum absolute atomic E-state index is 12.2. The second-order valence-corrected chi connectivity index (χ2v) is 8.43. The smallest absolute Gasteiger partial charge is 0.317 e. The summed E-state index contributed by atoms with van der Waals surface area (Å²) in [6, 6.07) is 7.03. The molecule has 0 unspecified atom stereocenters. The third-order valence-corrected chi connectivity index (χ3v) is 5.87. The van der Waals surface area contributed by atoms with E-state index in [1.165, 1.54) is 14.1 Å². The van der Waals surface area contributed by atoms with Crippen molar-refractivity contribution in [2.45, 2.75) is 6.10 Å². The van der Waals surface area contributed by atoms with Crippen LogP contribution in [-0.2, 0) is 14.8 Å². The van der Waals surface area contributed by atoms with E-state index in [9.17, 15) is 13.2 Å². The fourth-order valence-electron chi connectivity index (χ4n) is 2.29. The van der Waals surface area contributed by atoms with E-state index in [4.69, 9.17) is 16.3 Å². The number of ether oxygens (including phenoxy) is 1. The van der Waals surface area contributed by atoms with Crippen molar-refractivity contribution in [1.82, 2.24) is 14.5 Å². The number of hydrogen-bond donors (Lipinski definition) is 1. The summed E-state index contributed by atoms with van der Waals surface area (Å²) in [5, 5.41) is 3.29. The Balaban J connectivity index is 1.87. The van der Waals surface area contributed by atoms with E-state index in [2.05, 4.69) is 5.32 Å². The molecule has 1 aliphatic heterocycles. The molecule has 2 rings (SSSR count). The zero-order valence-corrected chi connectivity index (χ0v) is 15.3. The molecule has 0 aliphatic carbocycles. The molecule has 1 fully saturated rings. The summed E-state index contributed by atoms with van der Waals surface area (Å²) in [5.41, 5.74) is 0.951. The van der Waals surface area contributed by atoms with E-state index in [0.717, 1.165) is 9.87 Å². The molecular formula is C15H22ClN3O4S. The number of morpholine rings is 1. The number of carbonyl (C=O) groups excluding carboxylic acids is 1. The van der Waals surface area contributed by atoms with Crippen molar-refractivity contribution in [3.8, 4) is 0 Å². The third kappa shape index (κ3) is 5.07. The zero-order chi connectivity index (χ0) is 17.7. The maximum atomic E-state index is 12.2. The molecule has 1 aliphatic rings. The Labute approximate surface area is 147 Å². The summed E-state index contributed by atoms with van der Waals surface area (Å²) in [7, 11) is -0.383. The Morgan fingerprint density at radius 2 is 2.04 bits per heavy atom. The number of nitrogens with zero attached hydrogens (tertiary/aromatic N) is 2. The van der Waals surface area contributed by atoms with Crippen molar-refractivity contribution in [3.63, 3.8) is 0 Å². The molecule has 1 atom stereocenters. The van der Waals surface area contributed by atoms with Crippen LogP contribution in [0, 0.1) is 0 Å². The average Bonchev–Trinajstić information content (AvgIpc) is 2.55. The molecule has 9 heteroatoms. The van der Waals surface area contributed by atoms with Gasteiger partial charge in [0.2, 0.25) is 10.0 Å². The van der Waals surface area contributed by atoms with Crippen molar-refractivity contribution in [2.24, 2.45) is 0 Å². The molecule has 2 amide bonds. The molecule has 1 saturated heterocycles. The lowest BCUT2D eigenvalue weighted by atomic mass is 10.1. The van der Waals surface area contributed by atoms with Gasteiger partial charge in [0.15, 0.2) is 0 Å². The minimum absolute atomic E-state index is 0.0717. The number of urea groups is 1. The van der Waals surface area contributed by atoms with E-state index in [1.54, 1.807) is 17.0 Å². The molecule has 0 bridgehead atoms. The first-order chi connectivity index (χ1) is 11.3. The number of nitrogens with one attached hydrogen (secondary N) is 1. The van der Waals surface area contributed by atoms with Gasteiger partial charge in [-0.15, -0.1) is 0 Å². The lowest BCUT2D eigenvalue weighted by Crippen LogP contribution is -2.48. The summed E-state index contributed by atoms with van der Waals surface area (Å²) >= 11 is 5.88. The predicted molar refractivity (Wildman–Crippen MR) is 92.6 cm³/mol. The van der Waals surface area contributed by atoms with Gasteiger partial charge in [-0.05, 0) is 17.7 Å². The summed E-state index contributed by atoms with van der Waals surface area (Å²) in [6.45, 7) is 1.38. The van der Waals surface area contributed by atoms with Gasteiger partial charge in [0, 0.05) is 32.2 Å². The van der Waals surface area contributed by atoms with Gasteiger partial charge in [-0.25, -0.2) is 17.5 Å². The molecule has 1 aromatic carbocycles. The normalized spacial score (nSPS) is 18.7. The molecule has 7 nitrogen and oxygen atoms in total. The molecule has 0 spiro atoms. The van der Waals surface area contributed by atoms with Crippen LogP contribution in [0.5, 0.6) is 0 Å². The van der Waals surface area contributed by atoms with Crippen LogP contribution in [0.25, 0.3) is 0 Å². The molecule has 0 saturated carbocycles. The van der Waals surface area contributed by atoms with Crippen LogP contribution in [0.1, 0.15) is 11.7 Å². The van der Waals surface area contributed by atoms with E-state index in [0.29, 0.717) is 24.7 Å². The first-order valence-corrected chi connectivity index (χ1v) is 9.58. The number of sulfonamides is 1. The Morgan fingerprint density at radius 3 is 2.67 bits per heavy atom. The second-order valence-electron chi connectivity index (χ2n) is 5.69. The van der Waals surface area contributed by atoms with Gasteiger partial charge in [-0.2, -0.15) is 0 Å². The number of halogens is 1. The maximum Gasteiger partial charge on any atom is 0.317 e. The zero-order valence-electron chi connectivity index (χ0n) is 13.7. The van der Waals surface area contributed by atoms with Gasteiger partial charge in [0.1, 0.15) is 6.10 Å². The van der Waals surface area contributed by atoms with E-state index in [1.807, 2.05) is 12.1 Å². The summed E-state index contributed by atoms with van der Waals surface area (Å²) in [6.07, 6.45) is -0.215. The number of rotatable bonds is 5. The molecule has 24 heavy (non-hydrogen) atoms. The molecule has 0 radical (unpaired) electrons. The largest absolute Gasteiger partial charge is 0.370 e. The van der Waals surface area contributed by atoms with Crippen LogP contribution in [0.4, 0.5) is 4.79 Å². The number of carbonyl (C=O) groups is 1. The number of benzene rings is 1. The standard InChI is InChI=1S/C15H22ClN3O4S/c1-18(2)24(21,22)10-7-17-15(20)19-8-9-23-14(11-19)12-3-5-13(16)6-4-12/h3-6,14H,7-11H2,1-2H3,(H,17,20)/t14-/m1/s1. The molecule has 1 aromatic rings. The summed E-state index contributed by atoms with van der Waals surface area (Å²) < 4.78 is 30.2. The summed E-state index contributed by atoms with van der Waals surface area (Å²) in [5.74, 6) is -0.128. The molecular weight excluding hydrogens is 354 g/mol. The molecule has 1 heterocycles. The van der Waals surface area contributed by atoms with Gasteiger partial charge in [-0.3, -0.25) is 0 Å².